The molecule has 0 aliphatic heterocycles. The number of hydrogen-bond acceptors (Lipinski definition) is 3. The number of esters is 1. The molecule has 0 aliphatic carbocycles. The maximum Gasteiger partial charge on any atom is 0.305 e. The summed E-state index contributed by atoms with van der Waals surface area (Å²) in [5, 5.41) is 10.2. The molecule has 0 bridgehead atoms. The first-order valence-corrected chi connectivity index (χ1v) is 8.73. The summed E-state index contributed by atoms with van der Waals surface area (Å²) in [5.74, 6) is -0.792. The minimum absolute atomic E-state index is 0.102. The van der Waals surface area contributed by atoms with E-state index in [9.17, 15) is 9.59 Å². The van der Waals surface area contributed by atoms with Crippen molar-refractivity contribution in [3.05, 3.63) is 0 Å². The van der Waals surface area contributed by atoms with E-state index in [0.717, 1.165) is 49.2 Å². The minimum atomic E-state index is -0.690. The van der Waals surface area contributed by atoms with Gasteiger partial charge < -0.3 is 9.84 Å². The number of carbonyl (C=O) groups excluding carboxylic acids is 1. The lowest BCUT2D eigenvalue weighted by Crippen LogP contribution is -1.99. The van der Waals surface area contributed by atoms with Gasteiger partial charge in [0.25, 0.3) is 0 Å². The van der Waals surface area contributed by atoms with E-state index in [-0.39, 0.29) is 5.97 Å². The van der Waals surface area contributed by atoms with Crippen molar-refractivity contribution in [1.82, 2.24) is 0 Å². The lowest BCUT2D eigenvalue weighted by atomic mass is 10.2. The fourth-order valence-corrected chi connectivity index (χ4v) is 1.98. The topological polar surface area (TPSA) is 63.6 Å². The van der Waals surface area contributed by atoms with E-state index in [0.29, 0.717) is 12.8 Å². The predicted molar refractivity (Wildman–Crippen MR) is 84.2 cm³/mol. The standard InChI is InChI=1S/C7H13BrO2.C6H11BrO2/c1-10-7(9)5-3-2-4-6-8;7-5-3-1-2-4-6(8)9/h2-6H2,1H3;1-5H2,(H,8,9). The Kier molecular flexibility index (Phi) is 20.0. The van der Waals surface area contributed by atoms with Gasteiger partial charge in [0.05, 0.1) is 7.11 Å². The predicted octanol–water partition coefficient (Wildman–Crippen LogP) is 4.14. The van der Waals surface area contributed by atoms with E-state index in [4.69, 9.17) is 5.11 Å². The van der Waals surface area contributed by atoms with E-state index in [1.807, 2.05) is 0 Å². The molecule has 6 heteroatoms. The third-order valence-corrected chi connectivity index (χ3v) is 3.39. The molecular formula is C13H24Br2O4. The SMILES string of the molecule is COC(=O)CCCCCBr.O=C(O)CCCCCBr. The van der Waals surface area contributed by atoms with Crippen molar-refractivity contribution in [2.24, 2.45) is 0 Å². The summed E-state index contributed by atoms with van der Waals surface area (Å²) in [6.45, 7) is 0. The second-order valence-electron chi connectivity index (χ2n) is 3.97. The molecule has 0 amide bonds. The van der Waals surface area contributed by atoms with Crippen LogP contribution in [-0.2, 0) is 14.3 Å². The summed E-state index contributed by atoms with van der Waals surface area (Å²) in [6, 6.07) is 0. The van der Waals surface area contributed by atoms with E-state index in [1.54, 1.807) is 0 Å². The molecule has 4 nitrogen and oxygen atoms in total. The number of carboxylic acids is 1. The van der Waals surface area contributed by atoms with Crippen LogP contribution < -0.4 is 0 Å². The monoisotopic (exact) mass is 402 g/mol. The van der Waals surface area contributed by atoms with Gasteiger partial charge in [0.1, 0.15) is 0 Å². The first-order chi connectivity index (χ1) is 9.08. The summed E-state index contributed by atoms with van der Waals surface area (Å²) in [5.41, 5.74) is 0. The second-order valence-corrected chi connectivity index (χ2v) is 5.56. The van der Waals surface area contributed by atoms with Gasteiger partial charge in [-0.3, -0.25) is 9.59 Å². The molecule has 0 heterocycles. The maximum atomic E-state index is 10.5. The molecule has 0 rings (SSSR count). The normalized spacial score (nSPS) is 9.42. The molecule has 0 atom stereocenters. The molecule has 0 spiro atoms. The third-order valence-electron chi connectivity index (χ3n) is 2.27. The van der Waals surface area contributed by atoms with Crippen LogP contribution >= 0.6 is 31.9 Å². The third kappa shape index (κ3) is 23.4. The highest BCUT2D eigenvalue weighted by Crippen LogP contribution is 2.02. The number of carboxylic acid groups (broad SMARTS) is 1. The zero-order chi connectivity index (χ0) is 14.9. The molecule has 0 fully saturated rings. The van der Waals surface area contributed by atoms with Crippen LogP contribution in [0.15, 0.2) is 0 Å². The lowest BCUT2D eigenvalue weighted by Gasteiger charge is -1.96. The fraction of sp³-hybridized carbons (Fsp3) is 0.846. The average Bonchev–Trinajstić information content (AvgIpc) is 2.40. The van der Waals surface area contributed by atoms with Gasteiger partial charge >= 0.3 is 11.9 Å². The Morgan fingerprint density at radius 2 is 1.37 bits per heavy atom. The number of halogens is 2. The molecular weight excluding hydrogens is 380 g/mol. The molecule has 0 radical (unpaired) electrons. The first kappa shape index (κ1) is 21.2. The van der Waals surface area contributed by atoms with Crippen molar-refractivity contribution in [3.8, 4) is 0 Å². The smallest absolute Gasteiger partial charge is 0.305 e. The summed E-state index contributed by atoms with van der Waals surface area (Å²) >= 11 is 6.59. The summed E-state index contributed by atoms with van der Waals surface area (Å²) < 4.78 is 4.48. The Labute approximate surface area is 132 Å². The highest BCUT2D eigenvalue weighted by atomic mass is 79.9. The molecule has 19 heavy (non-hydrogen) atoms. The largest absolute Gasteiger partial charge is 0.481 e. The van der Waals surface area contributed by atoms with Crippen LogP contribution in [0.4, 0.5) is 0 Å². The van der Waals surface area contributed by atoms with Gasteiger partial charge in [-0.05, 0) is 25.7 Å². The Morgan fingerprint density at radius 1 is 0.895 bits per heavy atom. The number of hydrogen-bond donors (Lipinski definition) is 1. The number of aliphatic carboxylic acids is 1. The minimum Gasteiger partial charge on any atom is -0.481 e. The highest BCUT2D eigenvalue weighted by Gasteiger charge is 1.97. The van der Waals surface area contributed by atoms with Crippen LogP contribution in [0.25, 0.3) is 0 Å². The summed E-state index contributed by atoms with van der Waals surface area (Å²) in [7, 11) is 1.42. The zero-order valence-electron chi connectivity index (χ0n) is 11.5. The van der Waals surface area contributed by atoms with Gasteiger partial charge in [0, 0.05) is 23.5 Å². The number of ether oxygens (including phenoxy) is 1. The maximum absolute atomic E-state index is 10.5. The van der Waals surface area contributed by atoms with E-state index in [2.05, 4.69) is 36.6 Å². The fourth-order valence-electron chi connectivity index (χ4n) is 1.19. The average molecular weight is 404 g/mol. The number of methoxy groups -OCH3 is 1. The van der Waals surface area contributed by atoms with Crippen molar-refractivity contribution in [1.29, 1.82) is 0 Å². The second kappa shape index (κ2) is 17.9. The first-order valence-electron chi connectivity index (χ1n) is 6.49. The van der Waals surface area contributed by atoms with Gasteiger partial charge in [0.15, 0.2) is 0 Å². The van der Waals surface area contributed by atoms with E-state index in [1.165, 1.54) is 7.11 Å². The van der Waals surface area contributed by atoms with E-state index < -0.39 is 5.97 Å². The quantitative estimate of drug-likeness (QED) is 0.338. The zero-order valence-corrected chi connectivity index (χ0v) is 14.7. The Morgan fingerprint density at radius 3 is 1.74 bits per heavy atom. The number of unbranched alkanes of at least 4 members (excludes halogenated alkanes) is 4. The molecule has 0 saturated carbocycles. The number of alkyl halides is 2. The summed E-state index contributed by atoms with van der Waals surface area (Å²) in [4.78, 5) is 20.5. The van der Waals surface area contributed by atoms with Crippen molar-refractivity contribution >= 4 is 43.8 Å². The van der Waals surface area contributed by atoms with Gasteiger partial charge in [-0.15, -0.1) is 0 Å². The van der Waals surface area contributed by atoms with Crippen LogP contribution in [0.2, 0.25) is 0 Å². The Bertz CT molecular complexity index is 223. The van der Waals surface area contributed by atoms with Gasteiger partial charge in [-0.1, -0.05) is 44.7 Å². The molecule has 0 aromatic rings. The molecule has 0 saturated heterocycles. The van der Waals surface area contributed by atoms with Crippen molar-refractivity contribution in [2.75, 3.05) is 17.8 Å². The van der Waals surface area contributed by atoms with Crippen molar-refractivity contribution in [2.45, 2.75) is 51.4 Å². The van der Waals surface area contributed by atoms with E-state index >= 15 is 0 Å². The van der Waals surface area contributed by atoms with Gasteiger partial charge in [-0.2, -0.15) is 0 Å². The number of rotatable bonds is 10. The van der Waals surface area contributed by atoms with Crippen molar-refractivity contribution < 1.29 is 19.4 Å². The molecule has 0 aliphatic rings. The molecule has 1 N–H and O–H groups in total. The Hall–Kier alpha value is -0.100. The van der Waals surface area contributed by atoms with Crippen LogP contribution in [-0.4, -0.2) is 34.8 Å². The van der Waals surface area contributed by atoms with Crippen molar-refractivity contribution in [3.63, 3.8) is 0 Å². The van der Waals surface area contributed by atoms with Crippen LogP contribution in [0.1, 0.15) is 51.4 Å². The molecule has 0 aromatic heterocycles. The molecule has 0 unspecified atom stereocenters. The number of carbonyl (C=O) groups is 2. The van der Waals surface area contributed by atoms with Gasteiger partial charge in [-0.25, -0.2) is 0 Å². The summed E-state index contributed by atoms with van der Waals surface area (Å²) in [6.07, 6.45) is 6.94. The van der Waals surface area contributed by atoms with Crippen LogP contribution in [0, 0.1) is 0 Å². The van der Waals surface area contributed by atoms with Crippen LogP contribution in [0.3, 0.4) is 0 Å². The van der Waals surface area contributed by atoms with Gasteiger partial charge in [0.2, 0.25) is 0 Å². The Balaban J connectivity index is 0. The molecule has 0 aromatic carbocycles. The van der Waals surface area contributed by atoms with Crippen LogP contribution in [0.5, 0.6) is 0 Å². The highest BCUT2D eigenvalue weighted by molar-refractivity contribution is 9.09. The lowest BCUT2D eigenvalue weighted by molar-refractivity contribution is -0.140. The molecule has 114 valence electrons.